The lowest BCUT2D eigenvalue weighted by Gasteiger charge is -2.38. The van der Waals surface area contributed by atoms with Crippen molar-refractivity contribution in [2.45, 2.75) is 25.4 Å². The maximum absolute atomic E-state index is 13.7. The van der Waals surface area contributed by atoms with Crippen LogP contribution in [0.5, 0.6) is 0 Å². The number of carbonyl (C=O) groups is 1. The van der Waals surface area contributed by atoms with Crippen molar-refractivity contribution >= 4 is 28.6 Å². The molecular formula is C24H26ClN5O3. The standard InChI is InChI=1S/C24H26ClN5O3/c25-18-7-4-8-19-20(18)23(31)30(22(26-19)21(17-9-10-17)27-24(32)33)29-13-11-28(12-14-29)15-16-5-2-1-3-6-16/h1-8,17,21,27H,9-15H2,(H,32,33). The quantitative estimate of drug-likeness (QED) is 0.578. The van der Waals surface area contributed by atoms with Crippen LogP contribution in [0, 0.1) is 5.92 Å². The highest BCUT2D eigenvalue weighted by Crippen LogP contribution is 2.40. The van der Waals surface area contributed by atoms with Crippen molar-refractivity contribution < 1.29 is 9.90 Å². The van der Waals surface area contributed by atoms with Gasteiger partial charge in [-0.15, -0.1) is 0 Å². The van der Waals surface area contributed by atoms with Crippen LogP contribution in [-0.4, -0.2) is 51.9 Å². The molecule has 1 aliphatic heterocycles. The largest absolute Gasteiger partial charge is 0.465 e. The first-order chi connectivity index (χ1) is 16.0. The molecular weight excluding hydrogens is 442 g/mol. The van der Waals surface area contributed by atoms with Crippen LogP contribution in [0.2, 0.25) is 5.02 Å². The van der Waals surface area contributed by atoms with E-state index in [1.54, 1.807) is 22.9 Å². The zero-order valence-corrected chi connectivity index (χ0v) is 18.9. The summed E-state index contributed by atoms with van der Waals surface area (Å²) in [6.45, 7) is 3.66. The molecule has 8 nitrogen and oxygen atoms in total. The third kappa shape index (κ3) is 4.54. The van der Waals surface area contributed by atoms with Gasteiger partial charge in [-0.05, 0) is 36.5 Å². The SMILES string of the molecule is O=C(O)NC(c1nc2cccc(Cl)c2c(=O)n1N1CCN(Cc2ccccc2)CC1)C1CC1. The first-order valence-corrected chi connectivity index (χ1v) is 11.6. The maximum atomic E-state index is 13.7. The van der Waals surface area contributed by atoms with Gasteiger partial charge >= 0.3 is 6.09 Å². The number of fused-ring (bicyclic) bond motifs is 1. The number of aromatic nitrogens is 2. The Morgan fingerprint density at radius 2 is 1.82 bits per heavy atom. The second-order valence-corrected chi connectivity index (χ2v) is 9.11. The molecule has 2 aromatic carbocycles. The van der Waals surface area contributed by atoms with Crippen molar-refractivity contribution in [2.75, 3.05) is 31.2 Å². The summed E-state index contributed by atoms with van der Waals surface area (Å²) in [5.74, 6) is 0.575. The molecule has 0 bridgehead atoms. The van der Waals surface area contributed by atoms with Gasteiger partial charge in [0.25, 0.3) is 5.56 Å². The Labute approximate surface area is 196 Å². The number of nitrogens with zero attached hydrogens (tertiary/aromatic N) is 4. The highest BCUT2D eigenvalue weighted by molar-refractivity contribution is 6.35. The molecule has 9 heteroatoms. The molecule has 2 heterocycles. The monoisotopic (exact) mass is 467 g/mol. The molecule has 5 rings (SSSR count). The van der Waals surface area contributed by atoms with Crippen molar-refractivity contribution in [1.29, 1.82) is 0 Å². The van der Waals surface area contributed by atoms with Gasteiger partial charge in [0.05, 0.1) is 22.0 Å². The minimum Gasteiger partial charge on any atom is -0.465 e. The topological polar surface area (TPSA) is 90.7 Å². The molecule has 1 unspecified atom stereocenters. The highest BCUT2D eigenvalue weighted by Gasteiger charge is 2.38. The van der Waals surface area contributed by atoms with Crippen LogP contribution in [0.25, 0.3) is 10.9 Å². The third-order valence-electron chi connectivity index (χ3n) is 6.38. The fourth-order valence-electron chi connectivity index (χ4n) is 4.57. The van der Waals surface area contributed by atoms with E-state index in [1.807, 2.05) is 23.2 Å². The maximum Gasteiger partial charge on any atom is 0.405 e. The lowest BCUT2D eigenvalue weighted by atomic mass is 10.1. The fraction of sp³-hybridized carbons (Fsp3) is 0.375. The van der Waals surface area contributed by atoms with Gasteiger partial charge in [0.15, 0.2) is 5.82 Å². The summed E-state index contributed by atoms with van der Waals surface area (Å²) < 4.78 is 1.58. The van der Waals surface area contributed by atoms with Crippen LogP contribution in [0.3, 0.4) is 0 Å². The molecule has 1 saturated carbocycles. The summed E-state index contributed by atoms with van der Waals surface area (Å²) in [7, 11) is 0. The number of hydrogen-bond donors (Lipinski definition) is 2. The molecule has 1 aliphatic carbocycles. The molecule has 33 heavy (non-hydrogen) atoms. The molecule has 2 N–H and O–H groups in total. The molecule has 1 aromatic heterocycles. The normalized spacial score (nSPS) is 17.8. The van der Waals surface area contributed by atoms with Crippen LogP contribution in [0.15, 0.2) is 53.3 Å². The van der Waals surface area contributed by atoms with Crippen molar-refractivity contribution in [1.82, 2.24) is 19.9 Å². The van der Waals surface area contributed by atoms with E-state index in [2.05, 4.69) is 22.3 Å². The Hall–Kier alpha value is -3.10. The first kappa shape index (κ1) is 21.7. The summed E-state index contributed by atoms with van der Waals surface area (Å²) in [5, 5.41) is 14.8. The molecule has 2 aliphatic rings. The Balaban J connectivity index is 1.50. The van der Waals surface area contributed by atoms with Gasteiger partial charge < -0.3 is 15.4 Å². The number of rotatable bonds is 6. The van der Waals surface area contributed by atoms with Crippen LogP contribution < -0.4 is 15.9 Å². The van der Waals surface area contributed by atoms with E-state index in [1.165, 1.54) is 5.56 Å². The summed E-state index contributed by atoms with van der Waals surface area (Å²) in [5.41, 5.74) is 1.48. The minimum atomic E-state index is -1.12. The van der Waals surface area contributed by atoms with E-state index in [4.69, 9.17) is 16.6 Å². The molecule has 1 saturated heterocycles. The summed E-state index contributed by atoms with van der Waals surface area (Å²) in [6, 6.07) is 15.0. The average Bonchev–Trinajstić information content (AvgIpc) is 3.64. The van der Waals surface area contributed by atoms with E-state index in [9.17, 15) is 14.7 Å². The molecule has 0 radical (unpaired) electrons. The zero-order chi connectivity index (χ0) is 22.9. The van der Waals surface area contributed by atoms with Crippen LogP contribution in [-0.2, 0) is 6.54 Å². The molecule has 1 amide bonds. The second-order valence-electron chi connectivity index (χ2n) is 8.70. The fourth-order valence-corrected chi connectivity index (χ4v) is 4.82. The summed E-state index contributed by atoms with van der Waals surface area (Å²) >= 11 is 6.39. The van der Waals surface area contributed by atoms with Gasteiger partial charge in [0, 0.05) is 32.7 Å². The Kier molecular flexibility index (Phi) is 5.95. The Morgan fingerprint density at radius 1 is 1.09 bits per heavy atom. The first-order valence-electron chi connectivity index (χ1n) is 11.2. The predicted molar refractivity (Wildman–Crippen MR) is 127 cm³/mol. The Bertz CT molecular complexity index is 1220. The van der Waals surface area contributed by atoms with Gasteiger partial charge in [-0.25, -0.2) is 14.5 Å². The van der Waals surface area contributed by atoms with E-state index in [-0.39, 0.29) is 11.5 Å². The molecule has 2 fully saturated rings. The zero-order valence-electron chi connectivity index (χ0n) is 18.2. The number of piperazine rings is 1. The van der Waals surface area contributed by atoms with E-state index in [0.717, 1.165) is 32.5 Å². The predicted octanol–water partition coefficient (Wildman–Crippen LogP) is 3.22. The number of carboxylic acid groups (broad SMARTS) is 1. The van der Waals surface area contributed by atoms with Crippen molar-refractivity contribution in [3.8, 4) is 0 Å². The van der Waals surface area contributed by atoms with Crippen molar-refractivity contribution in [2.24, 2.45) is 5.92 Å². The average molecular weight is 468 g/mol. The highest BCUT2D eigenvalue weighted by atomic mass is 35.5. The molecule has 0 spiro atoms. The lowest BCUT2D eigenvalue weighted by Crippen LogP contribution is -2.55. The second kappa shape index (κ2) is 9.03. The van der Waals surface area contributed by atoms with Crippen LogP contribution in [0.4, 0.5) is 4.79 Å². The van der Waals surface area contributed by atoms with Crippen molar-refractivity contribution in [3.05, 3.63) is 75.3 Å². The lowest BCUT2D eigenvalue weighted by molar-refractivity contribution is 0.186. The van der Waals surface area contributed by atoms with Gasteiger partial charge in [-0.2, -0.15) is 0 Å². The van der Waals surface area contributed by atoms with Gasteiger partial charge in [-0.1, -0.05) is 48.0 Å². The van der Waals surface area contributed by atoms with Gasteiger partial charge in [-0.3, -0.25) is 9.69 Å². The van der Waals surface area contributed by atoms with E-state index < -0.39 is 12.1 Å². The van der Waals surface area contributed by atoms with Gasteiger partial charge in [0.2, 0.25) is 0 Å². The summed E-state index contributed by atoms with van der Waals surface area (Å²) in [4.78, 5) is 32.4. The smallest absolute Gasteiger partial charge is 0.405 e. The van der Waals surface area contributed by atoms with Crippen LogP contribution in [0.1, 0.15) is 30.3 Å². The molecule has 3 aromatic rings. The Morgan fingerprint density at radius 3 is 2.48 bits per heavy atom. The minimum absolute atomic E-state index is 0.134. The number of nitrogens with one attached hydrogen (secondary N) is 1. The van der Waals surface area contributed by atoms with Gasteiger partial charge in [0.1, 0.15) is 0 Å². The number of hydrogen-bond acceptors (Lipinski definition) is 5. The van der Waals surface area contributed by atoms with Crippen LogP contribution >= 0.6 is 11.6 Å². The van der Waals surface area contributed by atoms with Crippen molar-refractivity contribution in [3.63, 3.8) is 0 Å². The number of halogens is 1. The number of amides is 1. The van der Waals surface area contributed by atoms with E-state index >= 15 is 0 Å². The molecule has 1 atom stereocenters. The molecule has 172 valence electrons. The number of benzene rings is 2. The van der Waals surface area contributed by atoms with E-state index in [0.29, 0.717) is 34.8 Å². The summed E-state index contributed by atoms with van der Waals surface area (Å²) in [6.07, 6.45) is 0.685. The third-order valence-corrected chi connectivity index (χ3v) is 6.70.